The van der Waals surface area contributed by atoms with E-state index in [0.717, 1.165) is 10.4 Å². The van der Waals surface area contributed by atoms with Crippen molar-refractivity contribution in [2.75, 3.05) is 16.7 Å². The van der Waals surface area contributed by atoms with Crippen LogP contribution in [-0.2, 0) is 19.6 Å². The highest BCUT2D eigenvalue weighted by Crippen LogP contribution is 2.22. The number of esters is 1. The number of nitrogens with zero attached hydrogens (tertiary/aromatic N) is 1. The van der Waals surface area contributed by atoms with E-state index in [9.17, 15) is 22.4 Å². The van der Waals surface area contributed by atoms with Gasteiger partial charge >= 0.3 is 5.97 Å². The lowest BCUT2D eigenvalue weighted by Gasteiger charge is -2.19. The van der Waals surface area contributed by atoms with Crippen molar-refractivity contribution in [1.29, 1.82) is 0 Å². The normalized spacial score (nSPS) is 12.0. The lowest BCUT2D eigenvalue weighted by Crippen LogP contribution is -2.30. The second-order valence-corrected chi connectivity index (χ2v) is 9.37. The summed E-state index contributed by atoms with van der Waals surface area (Å²) in [5.41, 5.74) is 0.801. The SMILES string of the molecule is CC(OC(=O)c1ccc(S(=O)(=O)N(C)c2ccccc2)cc1)C(=O)Nc1ccc(F)c(Cl)c1. The summed E-state index contributed by atoms with van der Waals surface area (Å²) in [7, 11) is -2.40. The molecule has 172 valence electrons. The predicted molar refractivity (Wildman–Crippen MR) is 123 cm³/mol. The Kier molecular flexibility index (Phi) is 7.35. The lowest BCUT2D eigenvalue weighted by molar-refractivity contribution is -0.123. The molecule has 0 aromatic heterocycles. The first-order valence-corrected chi connectivity index (χ1v) is 11.5. The first-order chi connectivity index (χ1) is 15.6. The summed E-state index contributed by atoms with van der Waals surface area (Å²) < 4.78 is 45.2. The molecule has 0 spiro atoms. The molecule has 3 aromatic carbocycles. The number of amides is 1. The molecule has 7 nitrogen and oxygen atoms in total. The quantitative estimate of drug-likeness (QED) is 0.493. The van der Waals surface area contributed by atoms with Crippen molar-refractivity contribution in [2.24, 2.45) is 0 Å². The van der Waals surface area contributed by atoms with E-state index in [4.69, 9.17) is 16.3 Å². The molecule has 0 radical (unpaired) electrons. The Morgan fingerprint density at radius 3 is 2.27 bits per heavy atom. The molecule has 0 aliphatic carbocycles. The lowest BCUT2D eigenvalue weighted by atomic mass is 10.2. The van der Waals surface area contributed by atoms with Gasteiger partial charge in [-0.05, 0) is 61.5 Å². The maximum absolute atomic E-state index is 13.2. The van der Waals surface area contributed by atoms with Gasteiger partial charge < -0.3 is 10.1 Å². The van der Waals surface area contributed by atoms with Gasteiger partial charge in [0.05, 0.1) is 21.2 Å². The van der Waals surface area contributed by atoms with Gasteiger partial charge in [-0.25, -0.2) is 17.6 Å². The summed E-state index contributed by atoms with van der Waals surface area (Å²) in [5.74, 6) is -2.08. The first kappa shape index (κ1) is 24.2. The summed E-state index contributed by atoms with van der Waals surface area (Å²) in [4.78, 5) is 24.6. The minimum absolute atomic E-state index is 0.00983. The van der Waals surface area contributed by atoms with Crippen molar-refractivity contribution in [2.45, 2.75) is 17.9 Å². The molecule has 0 saturated heterocycles. The molecule has 10 heteroatoms. The fourth-order valence-corrected chi connectivity index (χ4v) is 4.17. The number of benzene rings is 3. The number of para-hydroxylation sites is 1. The highest BCUT2D eigenvalue weighted by atomic mass is 35.5. The summed E-state index contributed by atoms with van der Waals surface area (Å²) in [6, 6.07) is 17.4. The van der Waals surface area contributed by atoms with Gasteiger partial charge in [0.25, 0.3) is 15.9 Å². The van der Waals surface area contributed by atoms with Gasteiger partial charge in [-0.3, -0.25) is 9.10 Å². The van der Waals surface area contributed by atoms with Gasteiger partial charge in [-0.15, -0.1) is 0 Å². The van der Waals surface area contributed by atoms with Gasteiger partial charge in [-0.1, -0.05) is 29.8 Å². The van der Waals surface area contributed by atoms with Gasteiger partial charge in [-0.2, -0.15) is 0 Å². The number of carbonyl (C=O) groups is 2. The number of ether oxygens (including phenoxy) is 1. The standard InChI is InChI=1S/C23H20ClFN2O5S/c1-15(22(28)26-17-10-13-21(25)20(24)14-17)32-23(29)16-8-11-19(12-9-16)33(30,31)27(2)18-6-4-3-5-7-18/h3-15H,1-2H3,(H,26,28). The van der Waals surface area contributed by atoms with Crippen LogP contribution in [0.3, 0.4) is 0 Å². The minimum atomic E-state index is -3.83. The number of hydrogen-bond donors (Lipinski definition) is 1. The summed E-state index contributed by atoms with van der Waals surface area (Å²) in [5, 5.41) is 2.31. The van der Waals surface area contributed by atoms with Gasteiger partial charge in [0.15, 0.2) is 6.10 Å². The molecule has 1 unspecified atom stereocenters. The highest BCUT2D eigenvalue weighted by molar-refractivity contribution is 7.92. The Morgan fingerprint density at radius 2 is 1.67 bits per heavy atom. The minimum Gasteiger partial charge on any atom is -0.449 e. The number of hydrogen-bond acceptors (Lipinski definition) is 5. The summed E-state index contributed by atoms with van der Waals surface area (Å²) in [6.45, 7) is 1.37. The van der Waals surface area contributed by atoms with Crippen molar-refractivity contribution in [1.82, 2.24) is 0 Å². The molecule has 33 heavy (non-hydrogen) atoms. The third-order valence-corrected chi connectivity index (χ3v) is 6.80. The van der Waals surface area contributed by atoms with Crippen molar-refractivity contribution in [3.63, 3.8) is 0 Å². The second kappa shape index (κ2) is 10.0. The third kappa shape index (κ3) is 5.68. The molecule has 0 aliphatic rings. The van der Waals surface area contributed by atoms with Gasteiger partial charge in [0.1, 0.15) is 5.82 Å². The van der Waals surface area contributed by atoms with Crippen LogP contribution in [0.5, 0.6) is 0 Å². The average molecular weight is 491 g/mol. The van der Waals surface area contributed by atoms with Crippen LogP contribution in [0.25, 0.3) is 0 Å². The average Bonchev–Trinajstić information content (AvgIpc) is 2.81. The first-order valence-electron chi connectivity index (χ1n) is 9.70. The fraction of sp³-hybridized carbons (Fsp3) is 0.130. The van der Waals surface area contributed by atoms with E-state index >= 15 is 0 Å². The van der Waals surface area contributed by atoms with Gasteiger partial charge in [0.2, 0.25) is 0 Å². The van der Waals surface area contributed by atoms with Crippen LogP contribution in [0.2, 0.25) is 5.02 Å². The molecule has 0 saturated carbocycles. The Hall–Kier alpha value is -3.43. The topological polar surface area (TPSA) is 92.8 Å². The van der Waals surface area contributed by atoms with E-state index in [2.05, 4.69) is 5.32 Å². The van der Waals surface area contributed by atoms with E-state index in [1.807, 2.05) is 0 Å². The van der Waals surface area contributed by atoms with E-state index in [1.54, 1.807) is 30.3 Å². The number of rotatable bonds is 7. The Morgan fingerprint density at radius 1 is 1.03 bits per heavy atom. The molecule has 3 aromatic rings. The Bertz CT molecular complexity index is 1270. The summed E-state index contributed by atoms with van der Waals surface area (Å²) in [6.07, 6.45) is -1.17. The highest BCUT2D eigenvalue weighted by Gasteiger charge is 2.23. The van der Waals surface area contributed by atoms with Gasteiger partial charge in [0, 0.05) is 12.7 Å². The van der Waals surface area contributed by atoms with Crippen LogP contribution < -0.4 is 9.62 Å². The van der Waals surface area contributed by atoms with E-state index in [-0.39, 0.29) is 21.2 Å². The molecule has 0 fully saturated rings. The molecule has 0 heterocycles. The summed E-state index contributed by atoms with van der Waals surface area (Å²) >= 11 is 5.68. The maximum Gasteiger partial charge on any atom is 0.338 e. The molecular weight excluding hydrogens is 471 g/mol. The molecular formula is C23H20ClFN2O5S. The predicted octanol–water partition coefficient (Wildman–Crippen LogP) is 4.49. The number of anilines is 2. The van der Waals surface area contributed by atoms with Crippen molar-refractivity contribution in [3.05, 3.63) is 89.2 Å². The van der Waals surface area contributed by atoms with Crippen molar-refractivity contribution < 1.29 is 27.1 Å². The van der Waals surface area contributed by atoms with Crippen molar-refractivity contribution in [3.8, 4) is 0 Å². The van der Waals surface area contributed by atoms with E-state index in [1.165, 1.54) is 50.4 Å². The molecule has 3 rings (SSSR count). The third-order valence-electron chi connectivity index (χ3n) is 4.71. The van der Waals surface area contributed by atoms with E-state index < -0.39 is 33.8 Å². The smallest absolute Gasteiger partial charge is 0.338 e. The largest absolute Gasteiger partial charge is 0.449 e. The van der Waals surface area contributed by atoms with Crippen molar-refractivity contribution >= 4 is 44.9 Å². The van der Waals surface area contributed by atoms with Crippen LogP contribution in [0.15, 0.2) is 77.7 Å². The number of carbonyl (C=O) groups excluding carboxylic acids is 2. The monoisotopic (exact) mass is 490 g/mol. The molecule has 0 aliphatic heterocycles. The fourth-order valence-electron chi connectivity index (χ4n) is 2.80. The zero-order valence-corrected chi connectivity index (χ0v) is 19.2. The molecule has 0 bridgehead atoms. The van der Waals surface area contributed by atoms with Crippen LogP contribution in [-0.4, -0.2) is 33.4 Å². The molecule has 1 amide bonds. The molecule has 1 N–H and O–H groups in total. The maximum atomic E-state index is 13.2. The van der Waals surface area contributed by atoms with E-state index in [0.29, 0.717) is 5.69 Å². The van der Waals surface area contributed by atoms with Crippen LogP contribution in [0.4, 0.5) is 15.8 Å². The number of sulfonamides is 1. The number of halogens is 2. The number of nitrogens with one attached hydrogen (secondary N) is 1. The van der Waals surface area contributed by atoms with Crippen LogP contribution in [0.1, 0.15) is 17.3 Å². The zero-order chi connectivity index (χ0) is 24.2. The molecule has 1 atom stereocenters. The Balaban J connectivity index is 1.66. The van der Waals surface area contributed by atoms with Crippen LogP contribution >= 0.6 is 11.6 Å². The Labute approximate surface area is 195 Å². The van der Waals surface area contributed by atoms with Crippen LogP contribution in [0, 0.1) is 5.82 Å². The second-order valence-electron chi connectivity index (χ2n) is 7.00. The zero-order valence-electron chi connectivity index (χ0n) is 17.7.